The first-order valence-electron chi connectivity index (χ1n) is 13.5. The van der Waals surface area contributed by atoms with E-state index in [1.54, 1.807) is 33.2 Å². The van der Waals surface area contributed by atoms with Gasteiger partial charge in [-0.2, -0.15) is 13.2 Å². The van der Waals surface area contributed by atoms with E-state index in [1.807, 2.05) is 6.92 Å². The fraction of sp³-hybridized carbons (Fsp3) is 0.517. The SMILES string of the molecule is C=C/C=C(\N=C/CCC)C(=C/NC)/C(=N)C(=O)N1CC(F)(F)CC(C)[C@H]1CNC(=C\CC)/N=C\C(=C/C)C(F)(F)F. The molecule has 0 aliphatic carbocycles. The second-order valence-electron chi connectivity index (χ2n) is 9.53. The smallest absolute Gasteiger partial charge is 0.393 e. The van der Waals surface area contributed by atoms with Crippen molar-refractivity contribution in [2.24, 2.45) is 15.9 Å². The summed E-state index contributed by atoms with van der Waals surface area (Å²) in [6.07, 6.45) is 5.98. The lowest BCUT2D eigenvalue weighted by Gasteiger charge is -2.43. The molecule has 41 heavy (non-hydrogen) atoms. The monoisotopic (exact) mass is 584 g/mol. The average molecular weight is 585 g/mol. The number of alkyl halides is 5. The Morgan fingerprint density at radius 1 is 1.24 bits per heavy atom. The zero-order valence-corrected chi connectivity index (χ0v) is 24.3. The molecule has 1 rings (SSSR count). The van der Waals surface area contributed by atoms with Crippen LogP contribution in [0.5, 0.6) is 0 Å². The molecular formula is C29H41F5N6O. The van der Waals surface area contributed by atoms with E-state index in [9.17, 15) is 26.7 Å². The molecule has 7 nitrogen and oxygen atoms in total. The molecular weight excluding hydrogens is 543 g/mol. The number of piperidine rings is 1. The van der Waals surface area contributed by atoms with Crippen LogP contribution < -0.4 is 10.6 Å². The molecule has 1 aliphatic rings. The minimum Gasteiger partial charge on any atom is -0.393 e. The number of aliphatic imine (C=N–C) groups is 2. The van der Waals surface area contributed by atoms with E-state index in [0.29, 0.717) is 19.1 Å². The van der Waals surface area contributed by atoms with Gasteiger partial charge in [0.1, 0.15) is 11.5 Å². The molecule has 0 aromatic rings. The standard InChI is InChI=1S/C29H41F5N6O/c1-7-11-14-37-23(12-8-2)22(17-36-6)26(35)27(41)40-19-28(30,31)15-20(5)24(40)18-39-25(13-9-3)38-16-21(10-4)29(32,33)34/h8,10,12-14,16-17,20,24,35-36,39H,2,7,9,11,15,18-19H2,1,3-6H3/b21-10+,22-17-,23-12-,25-13-,35-26?,37-14-,38-16-/t20?,24-/m1/s1. The molecule has 0 spiro atoms. The van der Waals surface area contributed by atoms with Gasteiger partial charge >= 0.3 is 6.18 Å². The zero-order valence-electron chi connectivity index (χ0n) is 24.3. The summed E-state index contributed by atoms with van der Waals surface area (Å²) in [5, 5.41) is 14.4. The van der Waals surface area contributed by atoms with E-state index in [1.165, 1.54) is 25.3 Å². The van der Waals surface area contributed by atoms with Crippen LogP contribution in [0, 0.1) is 11.3 Å². The van der Waals surface area contributed by atoms with Crippen LogP contribution in [-0.4, -0.2) is 67.2 Å². The van der Waals surface area contributed by atoms with E-state index in [0.717, 1.165) is 17.4 Å². The van der Waals surface area contributed by atoms with Crippen molar-refractivity contribution in [3.05, 3.63) is 59.7 Å². The predicted molar refractivity (Wildman–Crippen MR) is 155 cm³/mol. The number of allylic oxidation sites excluding steroid dienone is 6. The summed E-state index contributed by atoms with van der Waals surface area (Å²) in [5.41, 5.74) is -1.12. The van der Waals surface area contributed by atoms with Crippen LogP contribution in [0.1, 0.15) is 53.4 Å². The number of nitrogens with zero attached hydrogens (tertiary/aromatic N) is 3. The Morgan fingerprint density at radius 2 is 1.93 bits per heavy atom. The first-order valence-corrected chi connectivity index (χ1v) is 13.5. The summed E-state index contributed by atoms with van der Waals surface area (Å²) in [4.78, 5) is 22.8. The normalized spacial score (nSPS) is 21.0. The van der Waals surface area contributed by atoms with E-state index >= 15 is 0 Å². The first kappa shape index (κ1) is 35.5. The summed E-state index contributed by atoms with van der Waals surface area (Å²) in [5.74, 6) is -4.70. The van der Waals surface area contributed by atoms with Crippen molar-refractivity contribution in [3.63, 3.8) is 0 Å². The maximum absolute atomic E-state index is 14.7. The molecule has 3 N–H and O–H groups in total. The third-order valence-electron chi connectivity index (χ3n) is 6.18. The zero-order chi connectivity index (χ0) is 31.2. The highest BCUT2D eigenvalue weighted by atomic mass is 19.4. The van der Waals surface area contributed by atoms with E-state index < -0.39 is 54.2 Å². The van der Waals surface area contributed by atoms with Crippen molar-refractivity contribution in [2.75, 3.05) is 20.1 Å². The van der Waals surface area contributed by atoms with Gasteiger partial charge in [-0.05, 0) is 37.8 Å². The van der Waals surface area contributed by atoms with Gasteiger partial charge in [0.25, 0.3) is 11.8 Å². The minimum atomic E-state index is -4.58. The maximum atomic E-state index is 14.7. The van der Waals surface area contributed by atoms with Gasteiger partial charge in [0, 0.05) is 44.2 Å². The number of halogens is 5. The van der Waals surface area contributed by atoms with Crippen LogP contribution in [0.4, 0.5) is 22.0 Å². The molecule has 1 amide bonds. The summed E-state index contributed by atoms with van der Waals surface area (Å²) in [6, 6.07) is -0.798. The molecule has 1 saturated heterocycles. The number of amides is 1. The van der Waals surface area contributed by atoms with Crippen molar-refractivity contribution in [1.29, 1.82) is 5.41 Å². The number of carbonyl (C=O) groups excluding carboxylic acids is 1. The van der Waals surface area contributed by atoms with Crippen LogP contribution >= 0.6 is 0 Å². The van der Waals surface area contributed by atoms with Crippen molar-refractivity contribution in [3.8, 4) is 0 Å². The van der Waals surface area contributed by atoms with Gasteiger partial charge in [-0.1, -0.05) is 45.9 Å². The Kier molecular flexibility index (Phi) is 14.4. The molecule has 1 aliphatic heterocycles. The summed E-state index contributed by atoms with van der Waals surface area (Å²) < 4.78 is 68.8. The lowest BCUT2D eigenvalue weighted by molar-refractivity contribution is -0.145. The van der Waals surface area contributed by atoms with Gasteiger partial charge in [-0.3, -0.25) is 15.2 Å². The largest absolute Gasteiger partial charge is 0.417 e. The topological polar surface area (TPSA) is 92.9 Å². The minimum absolute atomic E-state index is 0.0638. The summed E-state index contributed by atoms with van der Waals surface area (Å²) in [7, 11) is 1.57. The number of hydrogen-bond donors (Lipinski definition) is 3. The third kappa shape index (κ3) is 11.1. The lowest BCUT2D eigenvalue weighted by Crippen LogP contribution is -2.59. The van der Waals surface area contributed by atoms with E-state index in [4.69, 9.17) is 5.41 Å². The fourth-order valence-electron chi connectivity index (χ4n) is 4.19. The van der Waals surface area contributed by atoms with Crippen LogP contribution in [0.2, 0.25) is 0 Å². The van der Waals surface area contributed by atoms with Crippen molar-refractivity contribution in [1.82, 2.24) is 15.5 Å². The molecule has 12 heteroatoms. The molecule has 0 aromatic carbocycles. The predicted octanol–water partition coefficient (Wildman–Crippen LogP) is 6.34. The van der Waals surface area contributed by atoms with Gasteiger partial charge in [0.15, 0.2) is 0 Å². The Bertz CT molecular complexity index is 1100. The second kappa shape index (κ2) is 16.6. The van der Waals surface area contributed by atoms with Crippen LogP contribution in [-0.2, 0) is 4.79 Å². The quantitative estimate of drug-likeness (QED) is 0.126. The van der Waals surface area contributed by atoms with E-state index in [-0.39, 0.29) is 23.6 Å². The number of nitrogens with one attached hydrogen (secondary N) is 3. The number of carbonyl (C=O) groups is 1. The van der Waals surface area contributed by atoms with Crippen LogP contribution in [0.15, 0.2) is 69.7 Å². The van der Waals surface area contributed by atoms with Crippen LogP contribution in [0.25, 0.3) is 0 Å². The lowest BCUT2D eigenvalue weighted by atomic mass is 9.87. The molecule has 1 unspecified atom stereocenters. The Morgan fingerprint density at radius 3 is 2.46 bits per heavy atom. The number of rotatable bonds is 14. The van der Waals surface area contributed by atoms with Gasteiger partial charge in [0.05, 0.1) is 23.9 Å². The molecule has 1 fully saturated rings. The maximum Gasteiger partial charge on any atom is 0.417 e. The number of unbranched alkanes of at least 4 members (excludes halogenated alkanes) is 1. The van der Waals surface area contributed by atoms with Gasteiger partial charge in [-0.25, -0.2) is 13.8 Å². The number of hydrogen-bond acceptors (Lipinski definition) is 6. The fourth-order valence-corrected chi connectivity index (χ4v) is 4.19. The molecule has 2 atom stereocenters. The first-order chi connectivity index (χ1) is 19.3. The highest BCUT2D eigenvalue weighted by molar-refractivity contribution is 6.45. The number of likely N-dealkylation sites (tertiary alicyclic amines) is 1. The van der Waals surface area contributed by atoms with Crippen molar-refractivity contribution >= 4 is 24.0 Å². The second-order valence-corrected chi connectivity index (χ2v) is 9.53. The molecule has 0 aromatic heterocycles. The third-order valence-corrected chi connectivity index (χ3v) is 6.18. The average Bonchev–Trinajstić information content (AvgIpc) is 2.88. The van der Waals surface area contributed by atoms with Crippen molar-refractivity contribution in [2.45, 2.75) is 71.5 Å². The highest BCUT2D eigenvalue weighted by Crippen LogP contribution is 2.35. The molecule has 0 bridgehead atoms. The molecule has 1 heterocycles. The highest BCUT2D eigenvalue weighted by Gasteiger charge is 2.47. The molecule has 0 saturated carbocycles. The van der Waals surface area contributed by atoms with Gasteiger partial charge in [-0.15, -0.1) is 0 Å². The summed E-state index contributed by atoms with van der Waals surface area (Å²) >= 11 is 0. The van der Waals surface area contributed by atoms with Gasteiger partial charge < -0.3 is 15.5 Å². The molecule has 228 valence electrons. The summed E-state index contributed by atoms with van der Waals surface area (Å²) in [6.45, 7) is 9.23. The molecule has 0 radical (unpaired) electrons. The van der Waals surface area contributed by atoms with Crippen molar-refractivity contribution < 1.29 is 26.7 Å². The Hall–Kier alpha value is -3.57. The van der Waals surface area contributed by atoms with E-state index in [2.05, 4.69) is 27.2 Å². The van der Waals surface area contributed by atoms with Crippen LogP contribution in [0.3, 0.4) is 0 Å². The Balaban J connectivity index is 3.37. The van der Waals surface area contributed by atoms with Gasteiger partial charge in [0.2, 0.25) is 0 Å². The Labute approximate surface area is 239 Å².